The predicted octanol–water partition coefficient (Wildman–Crippen LogP) is 4.84. The quantitative estimate of drug-likeness (QED) is 0.369. The molecule has 2 heterocycles. The number of nitrogens with zero attached hydrogens (tertiary/aromatic N) is 5. The molecular formula is C25H24FN5OS. The molecule has 33 heavy (non-hydrogen) atoms. The van der Waals surface area contributed by atoms with Crippen LogP contribution in [0.4, 0.5) is 4.39 Å². The number of pyridine rings is 1. The summed E-state index contributed by atoms with van der Waals surface area (Å²) in [4.78, 5) is 18.5. The lowest BCUT2D eigenvalue weighted by Crippen LogP contribution is -2.27. The minimum Gasteiger partial charge on any atom is -0.341 e. The Morgan fingerprint density at radius 2 is 1.73 bits per heavy atom. The molecule has 2 aromatic heterocycles. The zero-order valence-electron chi connectivity index (χ0n) is 18.7. The number of carbonyl (C=O) groups excluding carboxylic acids is 1. The van der Waals surface area contributed by atoms with Gasteiger partial charge in [0.2, 0.25) is 5.91 Å². The zero-order valence-corrected chi connectivity index (χ0v) is 19.5. The van der Waals surface area contributed by atoms with Gasteiger partial charge in [0.15, 0.2) is 11.0 Å². The number of amides is 1. The number of thioether (sulfide) groups is 1. The van der Waals surface area contributed by atoms with Gasteiger partial charge in [-0.05, 0) is 66.9 Å². The number of carbonyl (C=O) groups is 1. The molecule has 0 spiro atoms. The molecule has 0 N–H and O–H groups in total. The van der Waals surface area contributed by atoms with E-state index in [1.54, 1.807) is 36.5 Å². The van der Waals surface area contributed by atoms with Crippen LogP contribution in [0.1, 0.15) is 16.7 Å². The summed E-state index contributed by atoms with van der Waals surface area (Å²) in [5, 5.41) is 9.44. The number of rotatable bonds is 7. The van der Waals surface area contributed by atoms with Crippen molar-refractivity contribution in [1.82, 2.24) is 24.6 Å². The molecule has 168 valence electrons. The third-order valence-electron chi connectivity index (χ3n) is 5.40. The second-order valence-corrected chi connectivity index (χ2v) is 8.75. The third kappa shape index (κ3) is 5.28. The molecule has 0 atom stereocenters. The summed E-state index contributed by atoms with van der Waals surface area (Å²) >= 11 is 1.34. The Labute approximate surface area is 196 Å². The summed E-state index contributed by atoms with van der Waals surface area (Å²) in [7, 11) is 1.74. The highest BCUT2D eigenvalue weighted by Gasteiger charge is 2.19. The van der Waals surface area contributed by atoms with E-state index in [2.05, 4.69) is 41.2 Å². The van der Waals surface area contributed by atoms with Crippen molar-refractivity contribution >= 4 is 17.7 Å². The molecular weight excluding hydrogens is 437 g/mol. The van der Waals surface area contributed by atoms with E-state index in [0.29, 0.717) is 17.5 Å². The van der Waals surface area contributed by atoms with E-state index in [1.165, 1.54) is 29.5 Å². The Kier molecular flexibility index (Phi) is 6.84. The maximum Gasteiger partial charge on any atom is 0.233 e. The van der Waals surface area contributed by atoms with Crippen LogP contribution in [0.3, 0.4) is 0 Å². The predicted molar refractivity (Wildman–Crippen MR) is 128 cm³/mol. The molecule has 0 saturated carbocycles. The Balaban J connectivity index is 1.57. The third-order valence-corrected chi connectivity index (χ3v) is 6.32. The maximum absolute atomic E-state index is 13.1. The minimum absolute atomic E-state index is 0.0515. The van der Waals surface area contributed by atoms with E-state index >= 15 is 0 Å². The summed E-state index contributed by atoms with van der Waals surface area (Å²) in [6, 6.07) is 16.1. The van der Waals surface area contributed by atoms with Gasteiger partial charge < -0.3 is 4.90 Å². The topological polar surface area (TPSA) is 63.9 Å². The van der Waals surface area contributed by atoms with Crippen LogP contribution in [0.25, 0.3) is 17.1 Å². The van der Waals surface area contributed by atoms with Gasteiger partial charge in [-0.2, -0.15) is 0 Å². The van der Waals surface area contributed by atoms with Crippen molar-refractivity contribution in [3.63, 3.8) is 0 Å². The highest BCUT2D eigenvalue weighted by Crippen LogP contribution is 2.29. The maximum atomic E-state index is 13.1. The van der Waals surface area contributed by atoms with Gasteiger partial charge in [0, 0.05) is 31.5 Å². The largest absolute Gasteiger partial charge is 0.341 e. The lowest BCUT2D eigenvalue weighted by Gasteiger charge is -2.17. The lowest BCUT2D eigenvalue weighted by atomic mass is 10.1. The van der Waals surface area contributed by atoms with Gasteiger partial charge >= 0.3 is 0 Å². The van der Waals surface area contributed by atoms with Crippen LogP contribution in [-0.4, -0.2) is 43.4 Å². The number of benzene rings is 2. The summed E-state index contributed by atoms with van der Waals surface area (Å²) < 4.78 is 15.1. The summed E-state index contributed by atoms with van der Waals surface area (Å²) in [5.74, 6) is 0.551. The molecule has 0 radical (unpaired) electrons. The Morgan fingerprint density at radius 3 is 2.42 bits per heavy atom. The molecule has 4 rings (SSSR count). The molecule has 0 unspecified atom stereocenters. The van der Waals surface area contributed by atoms with Gasteiger partial charge in [0.25, 0.3) is 0 Å². The Hall–Kier alpha value is -3.52. The molecule has 8 heteroatoms. The fourth-order valence-corrected chi connectivity index (χ4v) is 4.23. The average molecular weight is 462 g/mol. The molecule has 0 aliphatic heterocycles. The van der Waals surface area contributed by atoms with E-state index in [0.717, 1.165) is 22.4 Å². The van der Waals surface area contributed by atoms with Crippen LogP contribution >= 0.6 is 11.8 Å². The molecule has 0 fully saturated rings. The number of hydrogen-bond donors (Lipinski definition) is 0. The standard InChI is InChI=1S/C25H24FN5OS/c1-17-4-9-22(14-18(17)2)31-24(20-10-12-27-13-11-20)28-29-25(31)33-16-23(32)30(3)15-19-5-7-21(26)8-6-19/h4-14H,15-16H2,1-3H3. The van der Waals surface area contributed by atoms with Crippen LogP contribution in [-0.2, 0) is 11.3 Å². The van der Waals surface area contributed by atoms with Crippen LogP contribution in [0.2, 0.25) is 0 Å². The van der Waals surface area contributed by atoms with Crippen molar-refractivity contribution in [2.75, 3.05) is 12.8 Å². The second kappa shape index (κ2) is 9.95. The van der Waals surface area contributed by atoms with Crippen LogP contribution < -0.4 is 0 Å². The van der Waals surface area contributed by atoms with E-state index < -0.39 is 0 Å². The van der Waals surface area contributed by atoms with Gasteiger partial charge in [-0.15, -0.1) is 10.2 Å². The number of hydrogen-bond acceptors (Lipinski definition) is 5. The van der Waals surface area contributed by atoms with E-state index in [4.69, 9.17) is 0 Å². The molecule has 0 aliphatic carbocycles. The molecule has 1 amide bonds. The zero-order chi connectivity index (χ0) is 23.4. The Bertz CT molecular complexity index is 1260. The fourth-order valence-electron chi connectivity index (χ4n) is 3.34. The first-order chi connectivity index (χ1) is 15.9. The van der Waals surface area contributed by atoms with Gasteiger partial charge in [-0.25, -0.2) is 4.39 Å². The van der Waals surface area contributed by atoms with Crippen molar-refractivity contribution < 1.29 is 9.18 Å². The monoisotopic (exact) mass is 461 g/mol. The molecule has 6 nitrogen and oxygen atoms in total. The first-order valence-electron chi connectivity index (χ1n) is 10.5. The number of halogens is 1. The normalized spacial score (nSPS) is 10.9. The molecule has 0 saturated heterocycles. The van der Waals surface area contributed by atoms with Gasteiger partial charge in [0.1, 0.15) is 5.82 Å². The molecule has 4 aromatic rings. The summed E-state index contributed by atoms with van der Waals surface area (Å²) in [5.41, 5.74) is 5.06. The van der Waals surface area contributed by atoms with Crippen LogP contribution in [0.5, 0.6) is 0 Å². The van der Waals surface area contributed by atoms with Crippen LogP contribution in [0, 0.1) is 19.7 Å². The lowest BCUT2D eigenvalue weighted by molar-refractivity contribution is -0.127. The van der Waals surface area contributed by atoms with Gasteiger partial charge in [-0.3, -0.25) is 14.3 Å². The molecule has 2 aromatic carbocycles. The van der Waals surface area contributed by atoms with Crippen LogP contribution in [0.15, 0.2) is 72.1 Å². The Morgan fingerprint density at radius 1 is 1.00 bits per heavy atom. The van der Waals surface area contributed by atoms with E-state index in [-0.39, 0.29) is 17.5 Å². The number of aromatic nitrogens is 4. The van der Waals surface area contributed by atoms with Crippen molar-refractivity contribution in [3.05, 3.63) is 89.5 Å². The highest BCUT2D eigenvalue weighted by atomic mass is 32.2. The fraction of sp³-hybridized carbons (Fsp3) is 0.200. The van der Waals surface area contributed by atoms with Crippen molar-refractivity contribution in [2.45, 2.75) is 25.5 Å². The summed E-state index contributed by atoms with van der Waals surface area (Å²) in [6.07, 6.45) is 3.44. The molecule has 0 bridgehead atoms. The smallest absolute Gasteiger partial charge is 0.233 e. The summed E-state index contributed by atoms with van der Waals surface area (Å²) in [6.45, 7) is 4.54. The van der Waals surface area contributed by atoms with Gasteiger partial charge in [0.05, 0.1) is 11.4 Å². The van der Waals surface area contributed by atoms with E-state index in [1.807, 2.05) is 22.8 Å². The first-order valence-corrected chi connectivity index (χ1v) is 11.5. The minimum atomic E-state index is -0.293. The first kappa shape index (κ1) is 22.7. The van der Waals surface area contributed by atoms with E-state index in [9.17, 15) is 9.18 Å². The van der Waals surface area contributed by atoms with Crippen molar-refractivity contribution in [3.8, 4) is 17.1 Å². The SMILES string of the molecule is Cc1ccc(-n2c(SCC(=O)N(C)Cc3ccc(F)cc3)nnc2-c2ccncc2)cc1C. The average Bonchev–Trinajstić information content (AvgIpc) is 3.25. The second-order valence-electron chi connectivity index (χ2n) is 7.81. The highest BCUT2D eigenvalue weighted by molar-refractivity contribution is 7.99. The van der Waals surface area contributed by atoms with Gasteiger partial charge in [-0.1, -0.05) is 30.0 Å². The molecule has 0 aliphatic rings. The van der Waals surface area contributed by atoms with Crippen molar-refractivity contribution in [1.29, 1.82) is 0 Å². The number of aryl methyl sites for hydroxylation is 2. The van der Waals surface area contributed by atoms with Crippen molar-refractivity contribution in [2.24, 2.45) is 0 Å².